The third-order valence-electron chi connectivity index (χ3n) is 5.55. The van der Waals surface area contributed by atoms with Crippen molar-refractivity contribution < 1.29 is 0 Å². The number of rotatable bonds is 1. The second-order valence-corrected chi connectivity index (χ2v) is 8.30. The molecule has 0 aliphatic heterocycles. The Bertz CT molecular complexity index is 1220. The van der Waals surface area contributed by atoms with Crippen molar-refractivity contribution >= 4 is 32.3 Å². The van der Waals surface area contributed by atoms with Crippen LogP contribution in [0.4, 0.5) is 0 Å². The van der Waals surface area contributed by atoms with Crippen molar-refractivity contribution in [1.82, 2.24) is 0 Å². The largest absolute Gasteiger partial charge is 0.0622 e. The highest BCUT2D eigenvalue weighted by molar-refractivity contribution is 6.25. The molecule has 0 N–H and O–H groups in total. The van der Waals surface area contributed by atoms with Gasteiger partial charge in [0.1, 0.15) is 0 Å². The maximum absolute atomic E-state index is 2.37. The molecule has 0 fully saturated rings. The predicted molar refractivity (Wildman–Crippen MR) is 114 cm³/mol. The van der Waals surface area contributed by atoms with Crippen molar-refractivity contribution in [1.29, 1.82) is 0 Å². The zero-order valence-corrected chi connectivity index (χ0v) is 15.5. The van der Waals surface area contributed by atoms with Crippen LogP contribution in [0.3, 0.4) is 0 Å². The van der Waals surface area contributed by atoms with Crippen molar-refractivity contribution in [3.63, 3.8) is 0 Å². The molecular formula is C26H22. The van der Waals surface area contributed by atoms with Gasteiger partial charge in [-0.25, -0.2) is 0 Å². The Balaban J connectivity index is 1.92. The summed E-state index contributed by atoms with van der Waals surface area (Å²) in [6.07, 6.45) is 0. The topological polar surface area (TPSA) is 0 Å². The first kappa shape index (κ1) is 15.4. The summed E-state index contributed by atoms with van der Waals surface area (Å²) in [5.74, 6) is 0. The second-order valence-electron chi connectivity index (χ2n) is 8.30. The van der Waals surface area contributed by atoms with E-state index < -0.39 is 0 Å². The van der Waals surface area contributed by atoms with Gasteiger partial charge in [-0.05, 0) is 54.4 Å². The molecule has 0 aromatic heterocycles. The van der Waals surface area contributed by atoms with Crippen molar-refractivity contribution in [2.24, 2.45) is 0 Å². The molecule has 0 heteroatoms. The van der Waals surface area contributed by atoms with Gasteiger partial charge in [-0.15, -0.1) is 0 Å². The quantitative estimate of drug-likeness (QED) is 0.278. The Labute approximate surface area is 154 Å². The number of hydrogen-bond acceptors (Lipinski definition) is 0. The molecule has 0 aliphatic carbocycles. The summed E-state index contributed by atoms with van der Waals surface area (Å²) in [7, 11) is 0. The van der Waals surface area contributed by atoms with Crippen LogP contribution in [0.25, 0.3) is 43.4 Å². The lowest BCUT2D eigenvalue weighted by Gasteiger charge is -2.22. The summed E-state index contributed by atoms with van der Waals surface area (Å²) in [5.41, 5.74) is 4.14. The highest BCUT2D eigenvalue weighted by Gasteiger charge is 2.17. The highest BCUT2D eigenvalue weighted by Crippen LogP contribution is 2.40. The van der Waals surface area contributed by atoms with Crippen LogP contribution in [0.1, 0.15) is 26.3 Å². The molecular weight excluding hydrogens is 312 g/mol. The van der Waals surface area contributed by atoms with Gasteiger partial charge in [0.05, 0.1) is 0 Å². The summed E-state index contributed by atoms with van der Waals surface area (Å²) in [6, 6.07) is 29.1. The molecule has 0 atom stereocenters. The average molecular weight is 334 g/mol. The molecule has 5 rings (SSSR count). The van der Waals surface area contributed by atoms with Crippen LogP contribution in [-0.4, -0.2) is 0 Å². The normalized spacial score (nSPS) is 12.4. The van der Waals surface area contributed by atoms with Crippen molar-refractivity contribution in [2.75, 3.05) is 0 Å². The van der Waals surface area contributed by atoms with Crippen LogP contribution in [0.15, 0.2) is 78.9 Å². The van der Waals surface area contributed by atoms with Crippen LogP contribution < -0.4 is 0 Å². The van der Waals surface area contributed by atoms with Crippen LogP contribution in [0.2, 0.25) is 0 Å². The fourth-order valence-corrected chi connectivity index (χ4v) is 4.12. The summed E-state index contributed by atoms with van der Waals surface area (Å²) in [6.45, 7) is 6.86. The molecule has 0 radical (unpaired) electrons. The van der Waals surface area contributed by atoms with Gasteiger partial charge >= 0.3 is 0 Å². The molecule has 0 bridgehead atoms. The highest BCUT2D eigenvalue weighted by atomic mass is 14.2. The SMILES string of the molecule is CC(C)(C)c1cc2ccc3ccc(-c4ccccc4)c4ccc(c1)c2c34. The standard InChI is InChI=1S/C26H22/c1-26(2,3)21-15-19-10-9-18-11-13-22(17-7-5-4-6-8-17)23-14-12-20(16-21)24(19)25(18)23/h4-16H,1-3H3. The minimum absolute atomic E-state index is 0.152. The van der Waals surface area contributed by atoms with Crippen molar-refractivity contribution in [3.8, 4) is 11.1 Å². The Hall–Kier alpha value is -2.86. The summed E-state index contributed by atoms with van der Waals surface area (Å²) >= 11 is 0. The van der Waals surface area contributed by atoms with Gasteiger partial charge < -0.3 is 0 Å². The number of benzene rings is 5. The summed E-state index contributed by atoms with van der Waals surface area (Å²) < 4.78 is 0. The monoisotopic (exact) mass is 334 g/mol. The smallest absolute Gasteiger partial charge is 0.00206 e. The minimum Gasteiger partial charge on any atom is -0.0622 e. The van der Waals surface area contributed by atoms with Gasteiger partial charge in [0.2, 0.25) is 0 Å². The molecule has 26 heavy (non-hydrogen) atoms. The molecule has 0 unspecified atom stereocenters. The van der Waals surface area contributed by atoms with Crippen LogP contribution >= 0.6 is 0 Å². The lowest BCUT2D eigenvalue weighted by atomic mass is 9.83. The molecule has 5 aromatic rings. The van der Waals surface area contributed by atoms with Crippen molar-refractivity contribution in [2.45, 2.75) is 26.2 Å². The lowest BCUT2D eigenvalue weighted by Crippen LogP contribution is -2.10. The third kappa shape index (κ3) is 2.22. The van der Waals surface area contributed by atoms with E-state index in [0.29, 0.717) is 0 Å². The Morgan fingerprint density at radius 3 is 1.88 bits per heavy atom. The Morgan fingerprint density at radius 1 is 0.577 bits per heavy atom. The van der Waals surface area contributed by atoms with E-state index in [-0.39, 0.29) is 5.41 Å². The van der Waals surface area contributed by atoms with Gasteiger partial charge in [0.25, 0.3) is 0 Å². The van der Waals surface area contributed by atoms with E-state index in [9.17, 15) is 0 Å². The molecule has 0 spiro atoms. The van der Waals surface area contributed by atoms with Gasteiger partial charge in [-0.1, -0.05) is 99.6 Å². The Morgan fingerprint density at radius 2 is 1.19 bits per heavy atom. The first-order valence-corrected chi connectivity index (χ1v) is 9.30. The zero-order chi connectivity index (χ0) is 17.9. The van der Waals surface area contributed by atoms with E-state index in [0.717, 1.165) is 0 Å². The van der Waals surface area contributed by atoms with Gasteiger partial charge in [0, 0.05) is 0 Å². The molecule has 0 amide bonds. The molecule has 0 aliphatic rings. The fraction of sp³-hybridized carbons (Fsp3) is 0.154. The van der Waals surface area contributed by atoms with Crippen LogP contribution in [-0.2, 0) is 5.41 Å². The zero-order valence-electron chi connectivity index (χ0n) is 15.5. The van der Waals surface area contributed by atoms with Crippen LogP contribution in [0, 0.1) is 0 Å². The first-order valence-electron chi connectivity index (χ1n) is 9.30. The molecule has 0 nitrogen and oxygen atoms in total. The van der Waals surface area contributed by atoms with E-state index >= 15 is 0 Å². The molecule has 5 aromatic carbocycles. The number of hydrogen-bond donors (Lipinski definition) is 0. The fourth-order valence-electron chi connectivity index (χ4n) is 4.12. The third-order valence-corrected chi connectivity index (χ3v) is 5.55. The summed E-state index contributed by atoms with van der Waals surface area (Å²) in [4.78, 5) is 0. The van der Waals surface area contributed by atoms with Crippen molar-refractivity contribution in [3.05, 3.63) is 84.4 Å². The summed E-state index contributed by atoms with van der Waals surface area (Å²) in [5, 5.41) is 8.13. The van der Waals surface area contributed by atoms with E-state index in [1.165, 1.54) is 49.0 Å². The maximum Gasteiger partial charge on any atom is -0.00206 e. The Kier molecular flexibility index (Phi) is 3.15. The molecule has 0 heterocycles. The van der Waals surface area contributed by atoms with Gasteiger partial charge in [-0.2, -0.15) is 0 Å². The van der Waals surface area contributed by atoms with E-state index in [1.807, 2.05) is 0 Å². The first-order chi connectivity index (χ1) is 12.5. The van der Waals surface area contributed by atoms with Gasteiger partial charge in [-0.3, -0.25) is 0 Å². The van der Waals surface area contributed by atoms with E-state index in [1.54, 1.807) is 0 Å². The molecule has 0 saturated carbocycles. The second kappa shape index (κ2) is 5.32. The predicted octanol–water partition coefficient (Wildman–Crippen LogP) is 7.55. The molecule has 0 saturated heterocycles. The average Bonchev–Trinajstić information content (AvgIpc) is 2.65. The maximum atomic E-state index is 2.37. The van der Waals surface area contributed by atoms with E-state index in [4.69, 9.17) is 0 Å². The van der Waals surface area contributed by atoms with E-state index in [2.05, 4.69) is 99.6 Å². The van der Waals surface area contributed by atoms with Gasteiger partial charge in [0.15, 0.2) is 0 Å². The molecule has 126 valence electrons. The minimum atomic E-state index is 0.152. The lowest BCUT2D eigenvalue weighted by molar-refractivity contribution is 0.591. The van der Waals surface area contributed by atoms with Crippen LogP contribution in [0.5, 0.6) is 0 Å².